The average molecular weight is 635 g/mol. The largest absolute Gasteiger partial charge is 0.469 e. The van der Waals surface area contributed by atoms with Gasteiger partial charge in [-0.25, -0.2) is 4.57 Å². The molecule has 1 aliphatic rings. The molecule has 10 heteroatoms. The van der Waals surface area contributed by atoms with Crippen molar-refractivity contribution in [1.82, 2.24) is 0 Å². The van der Waals surface area contributed by atoms with Crippen molar-refractivity contribution in [3.63, 3.8) is 0 Å². The third-order valence-corrected chi connectivity index (χ3v) is 9.32. The molecule has 0 aromatic heterocycles. The Morgan fingerprint density at radius 1 is 0.767 bits per heavy atom. The summed E-state index contributed by atoms with van der Waals surface area (Å²) in [5.74, 6) is -1.01. The molecule has 1 aliphatic heterocycles. The van der Waals surface area contributed by atoms with Gasteiger partial charge in [0.1, 0.15) is 24.9 Å². The maximum atomic E-state index is 12.3. The molecule has 0 amide bonds. The molecule has 0 radical (unpaired) electrons. The first kappa shape index (κ1) is 40.2. The molecule has 9 nitrogen and oxygen atoms in total. The van der Waals surface area contributed by atoms with Crippen molar-refractivity contribution in [2.75, 3.05) is 40.0 Å². The molecule has 0 bridgehead atoms. The van der Waals surface area contributed by atoms with Gasteiger partial charge < -0.3 is 23.7 Å². The third kappa shape index (κ3) is 21.5. The standard InChI is InChI=1S/C33H64NO8P/c1-4-5-6-7-8-9-10-11-12-13-14-15-16-17-18-21-26-40-27-22-23-31(34(3)24-19-20-25-34)32(29-41-43(37,38)39)42-33(36)28-30(2)35/h31-32H,4-29H2,1-3H3,(H-,37,38,39)/p+1. The van der Waals surface area contributed by atoms with Crippen LogP contribution in [0.15, 0.2) is 0 Å². The van der Waals surface area contributed by atoms with Crippen molar-refractivity contribution < 1.29 is 42.4 Å². The smallest absolute Gasteiger partial charge is 0.453 e. The van der Waals surface area contributed by atoms with Crippen LogP contribution < -0.4 is 0 Å². The lowest BCUT2D eigenvalue weighted by Gasteiger charge is -2.41. The second-order valence-electron chi connectivity index (χ2n) is 13.0. The van der Waals surface area contributed by atoms with Crippen molar-refractivity contribution in [3.05, 3.63) is 0 Å². The van der Waals surface area contributed by atoms with Gasteiger partial charge in [-0.1, -0.05) is 103 Å². The Bertz CT molecular complexity index is 768. The molecule has 1 fully saturated rings. The summed E-state index contributed by atoms with van der Waals surface area (Å²) in [4.78, 5) is 42.3. The number of carbonyl (C=O) groups is 2. The number of phosphoric ester groups is 1. The van der Waals surface area contributed by atoms with Crippen LogP contribution in [0.3, 0.4) is 0 Å². The summed E-state index contributed by atoms with van der Waals surface area (Å²) in [6, 6.07) is -0.205. The van der Waals surface area contributed by atoms with Gasteiger partial charge in [0, 0.05) is 32.5 Å². The van der Waals surface area contributed by atoms with Crippen LogP contribution in [-0.2, 0) is 28.2 Å². The van der Waals surface area contributed by atoms with E-state index in [9.17, 15) is 23.9 Å². The first-order valence-corrected chi connectivity index (χ1v) is 18.9. The van der Waals surface area contributed by atoms with Gasteiger partial charge in [-0.15, -0.1) is 0 Å². The Balaban J connectivity index is 2.25. The predicted octanol–water partition coefficient (Wildman–Crippen LogP) is 7.65. The number of quaternary nitrogens is 1. The van der Waals surface area contributed by atoms with Crippen molar-refractivity contribution in [3.8, 4) is 0 Å². The SMILES string of the molecule is CCCCCCCCCCCCCCCCCCOCCCC(C(COP(=O)(O)O)OC(=O)CC(C)=O)[N+]1(C)CCCC1. The van der Waals surface area contributed by atoms with Crippen molar-refractivity contribution in [1.29, 1.82) is 0 Å². The molecular weight excluding hydrogens is 569 g/mol. The van der Waals surface area contributed by atoms with Crippen LogP contribution in [0, 0.1) is 0 Å². The first-order valence-electron chi connectivity index (χ1n) is 17.4. The molecule has 0 aromatic carbocycles. The summed E-state index contributed by atoms with van der Waals surface area (Å²) < 4.78 is 28.4. The molecule has 2 atom stereocenters. The highest BCUT2D eigenvalue weighted by Crippen LogP contribution is 2.37. The lowest BCUT2D eigenvalue weighted by Crippen LogP contribution is -2.57. The van der Waals surface area contributed by atoms with Crippen LogP contribution in [0.1, 0.15) is 149 Å². The summed E-state index contributed by atoms with van der Waals surface area (Å²) in [7, 11) is -2.65. The van der Waals surface area contributed by atoms with E-state index in [1.54, 1.807) is 0 Å². The topological polar surface area (TPSA) is 119 Å². The number of rotatable bonds is 29. The van der Waals surface area contributed by atoms with Crippen LogP contribution >= 0.6 is 7.82 Å². The minimum absolute atomic E-state index is 0.205. The number of ketones is 1. The summed E-state index contributed by atoms with van der Waals surface area (Å²) in [5.41, 5.74) is 0. The molecule has 1 saturated heterocycles. The van der Waals surface area contributed by atoms with Crippen LogP contribution in [0.25, 0.3) is 0 Å². The number of hydrogen-bond donors (Lipinski definition) is 2. The van der Waals surface area contributed by atoms with E-state index in [1.165, 1.54) is 103 Å². The van der Waals surface area contributed by atoms with Crippen LogP contribution in [0.2, 0.25) is 0 Å². The lowest BCUT2D eigenvalue weighted by molar-refractivity contribution is -0.926. The normalized spacial score (nSPS) is 16.3. The number of Topliss-reactive ketones (excluding diaryl/α,β-unsaturated/α-hetero) is 1. The van der Waals surface area contributed by atoms with Crippen molar-refractivity contribution in [2.24, 2.45) is 0 Å². The van der Waals surface area contributed by atoms with E-state index in [1.807, 2.05) is 0 Å². The molecule has 0 aromatic rings. The molecule has 2 unspecified atom stereocenters. The first-order chi connectivity index (χ1) is 20.6. The van der Waals surface area contributed by atoms with Gasteiger partial charge >= 0.3 is 13.8 Å². The van der Waals surface area contributed by atoms with Crippen molar-refractivity contribution >= 4 is 19.6 Å². The Morgan fingerprint density at radius 2 is 1.23 bits per heavy atom. The second kappa shape index (κ2) is 24.4. The van der Waals surface area contributed by atoms with E-state index in [2.05, 4.69) is 14.0 Å². The fourth-order valence-electron chi connectivity index (χ4n) is 6.35. The predicted molar refractivity (Wildman–Crippen MR) is 172 cm³/mol. The Morgan fingerprint density at radius 3 is 1.70 bits per heavy atom. The summed E-state index contributed by atoms with van der Waals surface area (Å²) in [6.07, 6.45) is 23.7. The minimum Gasteiger partial charge on any atom is -0.453 e. The number of likely N-dealkylation sites (tertiary alicyclic amines) is 1. The molecule has 0 spiro atoms. The average Bonchev–Trinajstić information content (AvgIpc) is 3.38. The Kier molecular flexibility index (Phi) is 22.8. The number of esters is 1. The number of carbonyl (C=O) groups excluding carboxylic acids is 2. The van der Waals surface area contributed by atoms with E-state index >= 15 is 0 Å². The molecule has 0 saturated carbocycles. The van der Waals surface area contributed by atoms with Crippen molar-refractivity contribution in [2.45, 2.75) is 161 Å². The quantitative estimate of drug-likeness (QED) is 0.0283. The second-order valence-corrected chi connectivity index (χ2v) is 14.2. The highest BCUT2D eigenvalue weighted by Gasteiger charge is 2.43. The highest BCUT2D eigenvalue weighted by molar-refractivity contribution is 7.46. The number of unbranched alkanes of at least 4 members (excludes halogenated alkanes) is 15. The maximum Gasteiger partial charge on any atom is 0.469 e. The summed E-state index contributed by atoms with van der Waals surface area (Å²) in [5, 5.41) is 0. The Labute approximate surface area is 262 Å². The highest BCUT2D eigenvalue weighted by atomic mass is 31.2. The fourth-order valence-corrected chi connectivity index (χ4v) is 6.69. The van der Waals surface area contributed by atoms with E-state index in [4.69, 9.17) is 14.0 Å². The van der Waals surface area contributed by atoms with Crippen LogP contribution in [0.4, 0.5) is 0 Å². The number of likely N-dealkylation sites (N-methyl/N-ethyl adjacent to an activating group) is 1. The van der Waals surface area contributed by atoms with Gasteiger partial charge in [0.25, 0.3) is 0 Å². The summed E-state index contributed by atoms with van der Waals surface area (Å²) >= 11 is 0. The number of phosphoric acid groups is 1. The van der Waals surface area contributed by atoms with Gasteiger partial charge in [0.15, 0.2) is 6.10 Å². The monoisotopic (exact) mass is 634 g/mol. The molecule has 0 aliphatic carbocycles. The Hall–Kier alpha value is -0.830. The number of nitrogens with zero attached hydrogens (tertiary/aromatic N) is 1. The van der Waals surface area contributed by atoms with E-state index in [0.717, 1.165) is 45.4 Å². The van der Waals surface area contributed by atoms with Gasteiger partial charge in [0.05, 0.1) is 20.1 Å². The van der Waals surface area contributed by atoms with Gasteiger partial charge in [0.2, 0.25) is 0 Å². The molecule has 43 heavy (non-hydrogen) atoms. The van der Waals surface area contributed by atoms with E-state index in [0.29, 0.717) is 17.5 Å². The number of ether oxygens (including phenoxy) is 2. The minimum atomic E-state index is -4.74. The lowest BCUT2D eigenvalue weighted by atomic mass is 10.0. The van der Waals surface area contributed by atoms with Gasteiger partial charge in [-0.05, 0) is 19.8 Å². The third-order valence-electron chi connectivity index (χ3n) is 8.83. The molecule has 1 heterocycles. The molecule has 254 valence electrons. The maximum absolute atomic E-state index is 12.3. The zero-order chi connectivity index (χ0) is 31.8. The number of hydrogen-bond acceptors (Lipinski definition) is 6. The van der Waals surface area contributed by atoms with Crippen LogP contribution in [0.5, 0.6) is 0 Å². The van der Waals surface area contributed by atoms with Crippen LogP contribution in [-0.4, -0.2) is 78.1 Å². The fraction of sp³-hybridized carbons (Fsp3) is 0.939. The summed E-state index contributed by atoms with van der Waals surface area (Å²) in [6.45, 7) is 6.27. The van der Waals surface area contributed by atoms with E-state index < -0.39 is 26.5 Å². The molecular formula is C33H65NO8P+. The van der Waals surface area contributed by atoms with Gasteiger partial charge in [-0.3, -0.25) is 14.1 Å². The zero-order valence-corrected chi connectivity index (χ0v) is 28.7. The molecule has 1 rings (SSSR count). The molecule has 2 N–H and O–H groups in total. The van der Waals surface area contributed by atoms with Gasteiger partial charge in [-0.2, -0.15) is 0 Å². The van der Waals surface area contributed by atoms with E-state index in [-0.39, 0.29) is 18.2 Å². The zero-order valence-electron chi connectivity index (χ0n) is 27.8.